The standard InChI is InChI=1S/C20H22N4O3S/c1-12-10-13(2)24(23-12)20-22-15(11-28-20)8-9-21-19(25)18-14(3)26-16-6-4-5-7-17(16)27-18/h4-7,10-11,14,18H,8-9H2,1-3H3,(H,21,25). The van der Waals surface area contributed by atoms with E-state index in [0.29, 0.717) is 24.5 Å². The molecule has 2 aromatic heterocycles. The highest BCUT2D eigenvalue weighted by Crippen LogP contribution is 2.33. The van der Waals surface area contributed by atoms with Gasteiger partial charge in [-0.1, -0.05) is 12.1 Å². The summed E-state index contributed by atoms with van der Waals surface area (Å²) >= 11 is 1.54. The lowest BCUT2D eigenvalue weighted by Crippen LogP contribution is -2.49. The zero-order valence-corrected chi connectivity index (χ0v) is 16.8. The summed E-state index contributed by atoms with van der Waals surface area (Å²) in [7, 11) is 0. The average molecular weight is 398 g/mol. The van der Waals surface area contributed by atoms with E-state index in [4.69, 9.17) is 9.47 Å². The molecule has 0 saturated carbocycles. The molecule has 4 rings (SSSR count). The van der Waals surface area contributed by atoms with Gasteiger partial charge in [-0.05, 0) is 39.0 Å². The lowest BCUT2D eigenvalue weighted by atomic mass is 10.1. The zero-order chi connectivity index (χ0) is 19.7. The van der Waals surface area contributed by atoms with Crippen molar-refractivity contribution in [3.8, 4) is 16.6 Å². The number of carbonyl (C=O) groups excluding carboxylic acids is 1. The normalized spacial score (nSPS) is 18.1. The quantitative estimate of drug-likeness (QED) is 0.715. The van der Waals surface area contributed by atoms with Crippen molar-refractivity contribution in [1.82, 2.24) is 20.1 Å². The highest BCUT2D eigenvalue weighted by atomic mass is 32.1. The number of amides is 1. The number of benzene rings is 1. The largest absolute Gasteiger partial charge is 0.482 e. The fourth-order valence-corrected chi connectivity index (χ4v) is 4.02. The van der Waals surface area contributed by atoms with Crippen molar-refractivity contribution >= 4 is 17.2 Å². The molecule has 0 spiro atoms. The van der Waals surface area contributed by atoms with Gasteiger partial charge in [0.1, 0.15) is 6.10 Å². The molecule has 3 aromatic rings. The number of rotatable bonds is 5. The maximum atomic E-state index is 12.5. The second-order valence-electron chi connectivity index (χ2n) is 6.81. The van der Waals surface area contributed by atoms with Crippen molar-refractivity contribution in [2.45, 2.75) is 39.4 Å². The van der Waals surface area contributed by atoms with E-state index in [9.17, 15) is 4.79 Å². The summed E-state index contributed by atoms with van der Waals surface area (Å²) in [5.41, 5.74) is 2.94. The minimum Gasteiger partial charge on any atom is -0.482 e. The topological polar surface area (TPSA) is 78.3 Å². The Bertz CT molecular complexity index is 997. The van der Waals surface area contributed by atoms with E-state index in [1.807, 2.05) is 55.1 Å². The minimum atomic E-state index is -0.671. The molecule has 0 bridgehead atoms. The number of fused-ring (bicyclic) bond motifs is 1. The molecule has 3 heterocycles. The molecule has 146 valence electrons. The molecule has 1 N–H and O–H groups in total. The molecule has 0 aliphatic carbocycles. The highest BCUT2D eigenvalue weighted by molar-refractivity contribution is 7.12. The van der Waals surface area contributed by atoms with Crippen LogP contribution in [0.3, 0.4) is 0 Å². The van der Waals surface area contributed by atoms with E-state index in [1.165, 1.54) is 0 Å². The maximum Gasteiger partial charge on any atom is 0.265 e. The van der Waals surface area contributed by atoms with Gasteiger partial charge in [0.2, 0.25) is 11.2 Å². The number of nitrogens with zero attached hydrogens (tertiary/aromatic N) is 3. The number of hydrogen-bond acceptors (Lipinski definition) is 6. The van der Waals surface area contributed by atoms with E-state index in [1.54, 1.807) is 17.4 Å². The first-order valence-corrected chi connectivity index (χ1v) is 10.1. The van der Waals surface area contributed by atoms with Gasteiger partial charge in [0.05, 0.1) is 11.4 Å². The van der Waals surface area contributed by atoms with Crippen LogP contribution in [0.15, 0.2) is 35.7 Å². The molecule has 0 fully saturated rings. The van der Waals surface area contributed by atoms with Gasteiger partial charge in [-0.3, -0.25) is 4.79 Å². The lowest BCUT2D eigenvalue weighted by molar-refractivity contribution is -0.133. The highest BCUT2D eigenvalue weighted by Gasteiger charge is 2.33. The van der Waals surface area contributed by atoms with Crippen LogP contribution in [-0.2, 0) is 11.2 Å². The number of carbonyl (C=O) groups is 1. The Kier molecular flexibility index (Phi) is 5.04. The van der Waals surface area contributed by atoms with Crippen LogP contribution in [0.1, 0.15) is 24.0 Å². The van der Waals surface area contributed by atoms with Crippen LogP contribution in [0.25, 0.3) is 5.13 Å². The summed E-state index contributed by atoms with van der Waals surface area (Å²) < 4.78 is 13.5. The fraction of sp³-hybridized carbons (Fsp3) is 0.350. The number of para-hydroxylation sites is 2. The van der Waals surface area contributed by atoms with Crippen molar-refractivity contribution in [3.63, 3.8) is 0 Å². The molecule has 2 atom stereocenters. The average Bonchev–Trinajstić information content (AvgIpc) is 3.26. The lowest BCUT2D eigenvalue weighted by Gasteiger charge is -2.30. The van der Waals surface area contributed by atoms with E-state index < -0.39 is 6.10 Å². The summed E-state index contributed by atoms with van der Waals surface area (Å²) in [5.74, 6) is 1.07. The molecule has 1 aliphatic heterocycles. The SMILES string of the molecule is Cc1cc(C)n(-c2nc(CCNC(=O)C3Oc4ccccc4OC3C)cs2)n1. The Morgan fingerprint density at radius 2 is 2.00 bits per heavy atom. The molecule has 1 aliphatic rings. The Balaban J connectivity index is 1.33. The predicted molar refractivity (Wildman–Crippen MR) is 106 cm³/mol. The van der Waals surface area contributed by atoms with Gasteiger partial charge in [-0.2, -0.15) is 5.10 Å². The van der Waals surface area contributed by atoms with Gasteiger partial charge in [0.25, 0.3) is 5.91 Å². The monoisotopic (exact) mass is 398 g/mol. The zero-order valence-electron chi connectivity index (χ0n) is 16.0. The summed E-state index contributed by atoms with van der Waals surface area (Å²) in [4.78, 5) is 17.2. The molecule has 7 nitrogen and oxygen atoms in total. The van der Waals surface area contributed by atoms with Crippen LogP contribution >= 0.6 is 11.3 Å². The van der Waals surface area contributed by atoms with Crippen LogP contribution in [0, 0.1) is 13.8 Å². The van der Waals surface area contributed by atoms with Crippen LogP contribution in [0.5, 0.6) is 11.5 Å². The Labute approximate surface area is 167 Å². The first-order chi connectivity index (χ1) is 13.5. The second-order valence-corrected chi connectivity index (χ2v) is 7.65. The van der Waals surface area contributed by atoms with Crippen molar-refractivity contribution in [2.24, 2.45) is 0 Å². The van der Waals surface area contributed by atoms with E-state index in [0.717, 1.165) is 22.2 Å². The van der Waals surface area contributed by atoms with Crippen molar-refractivity contribution < 1.29 is 14.3 Å². The summed E-state index contributed by atoms with van der Waals surface area (Å²) in [6, 6.07) is 9.39. The third-order valence-electron chi connectivity index (χ3n) is 4.51. The minimum absolute atomic E-state index is 0.184. The van der Waals surface area contributed by atoms with E-state index >= 15 is 0 Å². The number of hydrogen-bond donors (Lipinski definition) is 1. The van der Waals surface area contributed by atoms with E-state index in [2.05, 4.69) is 15.4 Å². The molecule has 0 radical (unpaired) electrons. The van der Waals surface area contributed by atoms with Gasteiger partial charge >= 0.3 is 0 Å². The number of nitrogens with one attached hydrogen (secondary N) is 1. The summed E-state index contributed by atoms with van der Waals surface area (Å²) in [6.45, 7) is 6.28. The summed E-state index contributed by atoms with van der Waals surface area (Å²) in [6.07, 6.45) is -0.387. The predicted octanol–water partition coefficient (Wildman–Crippen LogP) is 2.83. The van der Waals surface area contributed by atoms with Crippen LogP contribution < -0.4 is 14.8 Å². The van der Waals surface area contributed by atoms with Crippen LogP contribution in [0.2, 0.25) is 0 Å². The van der Waals surface area contributed by atoms with E-state index in [-0.39, 0.29) is 12.0 Å². The number of aryl methyl sites for hydroxylation is 2. The molecule has 28 heavy (non-hydrogen) atoms. The fourth-order valence-electron chi connectivity index (χ4n) is 3.15. The van der Waals surface area contributed by atoms with Crippen molar-refractivity contribution in [1.29, 1.82) is 0 Å². The Hall–Kier alpha value is -2.87. The molecule has 2 unspecified atom stereocenters. The molecule has 0 saturated heterocycles. The molecular weight excluding hydrogens is 376 g/mol. The Morgan fingerprint density at radius 1 is 1.25 bits per heavy atom. The smallest absolute Gasteiger partial charge is 0.265 e. The molecule has 8 heteroatoms. The van der Waals surface area contributed by atoms with Crippen molar-refractivity contribution in [3.05, 3.63) is 52.8 Å². The van der Waals surface area contributed by atoms with Gasteiger partial charge in [-0.25, -0.2) is 9.67 Å². The van der Waals surface area contributed by atoms with Gasteiger partial charge in [0, 0.05) is 24.0 Å². The molecule has 1 aromatic carbocycles. The first kappa shape index (κ1) is 18.5. The molecular formula is C20H22N4O3S. The molecule has 1 amide bonds. The van der Waals surface area contributed by atoms with Gasteiger partial charge in [-0.15, -0.1) is 11.3 Å². The van der Waals surface area contributed by atoms with Crippen molar-refractivity contribution in [2.75, 3.05) is 6.54 Å². The number of aromatic nitrogens is 3. The van der Waals surface area contributed by atoms with Crippen LogP contribution in [0.4, 0.5) is 0 Å². The summed E-state index contributed by atoms with van der Waals surface area (Å²) in [5, 5.41) is 10.2. The maximum absolute atomic E-state index is 12.5. The third kappa shape index (κ3) is 3.73. The van der Waals surface area contributed by atoms with Gasteiger partial charge in [0.15, 0.2) is 11.5 Å². The first-order valence-electron chi connectivity index (χ1n) is 9.19. The Morgan fingerprint density at radius 3 is 2.71 bits per heavy atom. The second kappa shape index (κ2) is 7.63. The number of thiazole rings is 1. The van der Waals surface area contributed by atoms with Crippen LogP contribution in [-0.4, -0.2) is 39.4 Å². The third-order valence-corrected chi connectivity index (χ3v) is 5.38. The van der Waals surface area contributed by atoms with Gasteiger partial charge < -0.3 is 14.8 Å². The number of ether oxygens (including phenoxy) is 2.